The normalized spacial score (nSPS) is 15.0. The smallest absolute Gasteiger partial charge is 0.146 e. The topological polar surface area (TPSA) is 45.1 Å². The standard InChI is InChI=1S/C10H14ClFN2O/c1-6(15)5-13-7(2)10-8(12)3-4-9(11)14-10/h3-4,6-7,13,15H,5H2,1-2H3. The van der Waals surface area contributed by atoms with Crippen molar-refractivity contribution in [3.63, 3.8) is 0 Å². The summed E-state index contributed by atoms with van der Waals surface area (Å²) in [6, 6.07) is 2.41. The Labute approximate surface area is 93.3 Å². The van der Waals surface area contributed by atoms with E-state index in [1.807, 2.05) is 0 Å². The van der Waals surface area contributed by atoms with Gasteiger partial charge in [0.15, 0.2) is 0 Å². The molecule has 0 spiro atoms. The Hall–Kier alpha value is -0.710. The summed E-state index contributed by atoms with van der Waals surface area (Å²) in [5.41, 5.74) is 0.267. The quantitative estimate of drug-likeness (QED) is 0.780. The van der Waals surface area contributed by atoms with Gasteiger partial charge in [0, 0.05) is 12.6 Å². The van der Waals surface area contributed by atoms with Gasteiger partial charge in [0.2, 0.25) is 0 Å². The summed E-state index contributed by atoms with van der Waals surface area (Å²) < 4.78 is 13.3. The maximum atomic E-state index is 13.3. The highest BCUT2D eigenvalue weighted by atomic mass is 35.5. The molecule has 0 radical (unpaired) electrons. The number of aliphatic hydroxyl groups is 1. The van der Waals surface area contributed by atoms with Gasteiger partial charge in [-0.25, -0.2) is 9.37 Å². The monoisotopic (exact) mass is 232 g/mol. The van der Waals surface area contributed by atoms with Gasteiger partial charge in [-0.2, -0.15) is 0 Å². The fourth-order valence-electron chi connectivity index (χ4n) is 1.18. The predicted octanol–water partition coefficient (Wildman–Crippen LogP) is 1.91. The van der Waals surface area contributed by atoms with E-state index >= 15 is 0 Å². The van der Waals surface area contributed by atoms with Crippen molar-refractivity contribution >= 4 is 11.6 Å². The van der Waals surface area contributed by atoms with Gasteiger partial charge >= 0.3 is 0 Å². The number of aromatic nitrogens is 1. The molecule has 15 heavy (non-hydrogen) atoms. The molecule has 0 fully saturated rings. The molecule has 2 atom stereocenters. The minimum absolute atomic E-state index is 0.261. The number of rotatable bonds is 4. The fraction of sp³-hybridized carbons (Fsp3) is 0.500. The first-order valence-corrected chi connectivity index (χ1v) is 5.12. The summed E-state index contributed by atoms with van der Waals surface area (Å²) >= 11 is 5.67. The Morgan fingerprint density at radius 2 is 2.20 bits per heavy atom. The first kappa shape index (κ1) is 12.4. The molecule has 1 aromatic rings. The van der Waals surface area contributed by atoms with Gasteiger partial charge in [0.05, 0.1) is 11.8 Å². The molecule has 0 bridgehead atoms. The average Bonchev–Trinajstić information content (AvgIpc) is 2.18. The molecule has 3 nitrogen and oxygen atoms in total. The Kier molecular flexibility index (Phi) is 4.45. The van der Waals surface area contributed by atoms with Gasteiger partial charge in [-0.3, -0.25) is 0 Å². The maximum Gasteiger partial charge on any atom is 0.146 e. The second-order valence-electron chi connectivity index (χ2n) is 3.48. The van der Waals surface area contributed by atoms with Crippen molar-refractivity contribution in [1.82, 2.24) is 10.3 Å². The maximum absolute atomic E-state index is 13.3. The third kappa shape index (κ3) is 3.74. The highest BCUT2D eigenvalue weighted by Crippen LogP contribution is 2.16. The molecule has 2 N–H and O–H groups in total. The van der Waals surface area contributed by atoms with E-state index in [0.717, 1.165) is 0 Å². The van der Waals surface area contributed by atoms with E-state index in [9.17, 15) is 4.39 Å². The van der Waals surface area contributed by atoms with E-state index in [4.69, 9.17) is 16.7 Å². The van der Waals surface area contributed by atoms with Gasteiger partial charge in [0.25, 0.3) is 0 Å². The molecule has 1 heterocycles. The number of hydrogen-bond donors (Lipinski definition) is 2. The zero-order chi connectivity index (χ0) is 11.4. The number of nitrogens with zero attached hydrogens (tertiary/aromatic N) is 1. The van der Waals surface area contributed by atoms with E-state index in [1.165, 1.54) is 12.1 Å². The number of halogens is 2. The molecule has 2 unspecified atom stereocenters. The predicted molar refractivity (Wildman–Crippen MR) is 57.3 cm³/mol. The Bertz CT molecular complexity index is 333. The van der Waals surface area contributed by atoms with Gasteiger partial charge in [-0.05, 0) is 26.0 Å². The second kappa shape index (κ2) is 5.39. The van der Waals surface area contributed by atoms with Gasteiger partial charge in [0.1, 0.15) is 11.0 Å². The van der Waals surface area contributed by atoms with E-state index in [-0.39, 0.29) is 16.9 Å². The summed E-state index contributed by atoms with van der Waals surface area (Å²) in [6.07, 6.45) is -0.477. The van der Waals surface area contributed by atoms with Gasteiger partial charge in [-0.1, -0.05) is 11.6 Å². The molecular formula is C10H14ClFN2O. The van der Waals surface area contributed by atoms with E-state index in [2.05, 4.69) is 10.3 Å². The minimum atomic E-state index is -0.477. The minimum Gasteiger partial charge on any atom is -0.392 e. The van der Waals surface area contributed by atoms with Gasteiger partial charge < -0.3 is 10.4 Å². The van der Waals surface area contributed by atoms with Crippen molar-refractivity contribution in [3.8, 4) is 0 Å². The summed E-state index contributed by atoms with van der Waals surface area (Å²) in [7, 11) is 0. The molecule has 0 aliphatic heterocycles. The SMILES string of the molecule is CC(O)CNC(C)c1nc(Cl)ccc1F. The summed E-state index contributed by atoms with van der Waals surface area (Å²) in [5.74, 6) is -0.398. The van der Waals surface area contributed by atoms with Crippen LogP contribution in [0.25, 0.3) is 0 Å². The van der Waals surface area contributed by atoms with Crippen LogP contribution < -0.4 is 5.32 Å². The second-order valence-corrected chi connectivity index (χ2v) is 3.87. The molecule has 0 aromatic carbocycles. The van der Waals surface area contributed by atoms with Crippen molar-refractivity contribution in [3.05, 3.63) is 28.8 Å². The molecule has 0 amide bonds. The lowest BCUT2D eigenvalue weighted by atomic mass is 10.2. The van der Waals surface area contributed by atoms with Crippen molar-refractivity contribution in [2.24, 2.45) is 0 Å². The van der Waals surface area contributed by atoms with Crippen LogP contribution in [0.4, 0.5) is 4.39 Å². The molecule has 1 aromatic heterocycles. The fourth-order valence-corrected chi connectivity index (χ4v) is 1.33. The highest BCUT2D eigenvalue weighted by molar-refractivity contribution is 6.29. The number of aliphatic hydroxyl groups excluding tert-OH is 1. The molecule has 5 heteroatoms. The van der Waals surface area contributed by atoms with Crippen LogP contribution in [0, 0.1) is 5.82 Å². The lowest BCUT2D eigenvalue weighted by Crippen LogP contribution is -2.28. The molecule has 0 aliphatic carbocycles. The third-order valence-corrected chi connectivity index (χ3v) is 2.18. The van der Waals surface area contributed by atoms with Crippen molar-refractivity contribution < 1.29 is 9.50 Å². The Morgan fingerprint density at radius 3 is 2.80 bits per heavy atom. The van der Waals surface area contributed by atoms with Crippen LogP contribution >= 0.6 is 11.6 Å². The first-order chi connectivity index (χ1) is 7.00. The highest BCUT2D eigenvalue weighted by Gasteiger charge is 2.13. The number of pyridine rings is 1. The van der Waals surface area contributed by atoms with Crippen LogP contribution in [0.5, 0.6) is 0 Å². The molecule has 1 rings (SSSR count). The zero-order valence-electron chi connectivity index (χ0n) is 8.67. The molecule has 0 saturated heterocycles. The lowest BCUT2D eigenvalue weighted by molar-refractivity contribution is 0.186. The molecule has 84 valence electrons. The number of hydrogen-bond acceptors (Lipinski definition) is 3. The van der Waals surface area contributed by atoms with Crippen molar-refractivity contribution in [2.45, 2.75) is 26.0 Å². The van der Waals surface area contributed by atoms with Crippen molar-refractivity contribution in [1.29, 1.82) is 0 Å². The third-order valence-electron chi connectivity index (χ3n) is 1.97. The van der Waals surface area contributed by atoms with E-state index < -0.39 is 11.9 Å². The average molecular weight is 233 g/mol. The summed E-state index contributed by atoms with van der Waals surface area (Å²) in [4.78, 5) is 3.90. The molecule has 0 saturated carbocycles. The van der Waals surface area contributed by atoms with Crippen molar-refractivity contribution in [2.75, 3.05) is 6.54 Å². The molecular weight excluding hydrogens is 219 g/mol. The molecule has 0 aliphatic rings. The van der Waals surface area contributed by atoms with Crippen LogP contribution in [-0.2, 0) is 0 Å². The van der Waals surface area contributed by atoms with E-state index in [1.54, 1.807) is 13.8 Å². The number of nitrogens with one attached hydrogen (secondary N) is 1. The summed E-state index contributed by atoms with van der Waals surface area (Å²) in [6.45, 7) is 3.81. The Balaban J connectivity index is 2.72. The van der Waals surface area contributed by atoms with Crippen LogP contribution in [-0.4, -0.2) is 22.7 Å². The lowest BCUT2D eigenvalue weighted by Gasteiger charge is -2.15. The zero-order valence-corrected chi connectivity index (χ0v) is 9.42. The summed E-state index contributed by atoms with van der Waals surface area (Å²) in [5, 5.41) is 12.3. The van der Waals surface area contributed by atoms with Gasteiger partial charge in [-0.15, -0.1) is 0 Å². The Morgan fingerprint density at radius 1 is 1.53 bits per heavy atom. The van der Waals surface area contributed by atoms with Crippen LogP contribution in [0.15, 0.2) is 12.1 Å². The van der Waals surface area contributed by atoms with Crippen LogP contribution in [0.3, 0.4) is 0 Å². The van der Waals surface area contributed by atoms with Crippen LogP contribution in [0.2, 0.25) is 5.15 Å². The van der Waals surface area contributed by atoms with Crippen LogP contribution in [0.1, 0.15) is 25.6 Å². The van der Waals surface area contributed by atoms with E-state index in [0.29, 0.717) is 6.54 Å². The largest absolute Gasteiger partial charge is 0.392 e. The first-order valence-electron chi connectivity index (χ1n) is 4.74.